The number of aromatic nitrogens is 2. The standard InChI is InChI=1S/C32H62N2O/c1-3-5-7-9-11-13-15-17-19-21-23-25-27-29-31-33-34-32(35-31)30-28-26-24-22-20-18-16-14-12-10-8-6-4-2/h3-30H2,1-2H3. The molecule has 1 aromatic heterocycles. The Balaban J connectivity index is 1.82. The van der Waals surface area contributed by atoms with E-state index in [2.05, 4.69) is 24.0 Å². The zero-order valence-corrected chi connectivity index (χ0v) is 24.1. The van der Waals surface area contributed by atoms with Crippen LogP contribution in [0.3, 0.4) is 0 Å². The summed E-state index contributed by atoms with van der Waals surface area (Å²) in [6.45, 7) is 4.58. The molecule has 0 N–H and O–H groups in total. The predicted octanol–water partition coefficient (Wildman–Crippen LogP) is 11.3. The molecule has 0 saturated carbocycles. The van der Waals surface area contributed by atoms with Gasteiger partial charge in [0.1, 0.15) is 0 Å². The van der Waals surface area contributed by atoms with Crippen molar-refractivity contribution in [2.24, 2.45) is 0 Å². The van der Waals surface area contributed by atoms with Crippen LogP contribution in [0, 0.1) is 0 Å². The highest BCUT2D eigenvalue weighted by Crippen LogP contribution is 2.15. The second kappa shape index (κ2) is 26.2. The number of nitrogens with zero attached hydrogens (tertiary/aromatic N) is 2. The summed E-state index contributed by atoms with van der Waals surface area (Å²) in [6.07, 6.45) is 38.1. The molecule has 0 unspecified atom stereocenters. The largest absolute Gasteiger partial charge is 0.425 e. The van der Waals surface area contributed by atoms with E-state index in [1.807, 2.05) is 0 Å². The Morgan fingerprint density at radius 3 is 0.829 bits per heavy atom. The molecule has 1 aromatic rings. The smallest absolute Gasteiger partial charge is 0.216 e. The lowest BCUT2D eigenvalue weighted by atomic mass is 10.0. The second-order valence-corrected chi connectivity index (χ2v) is 11.1. The van der Waals surface area contributed by atoms with Gasteiger partial charge in [-0.05, 0) is 12.8 Å². The Morgan fingerprint density at radius 1 is 0.343 bits per heavy atom. The average molecular weight is 491 g/mol. The zero-order valence-electron chi connectivity index (χ0n) is 24.1. The lowest BCUT2D eigenvalue weighted by Gasteiger charge is -2.02. The Hall–Kier alpha value is -0.860. The van der Waals surface area contributed by atoms with Gasteiger partial charge in [0.25, 0.3) is 0 Å². The quantitative estimate of drug-likeness (QED) is 0.110. The molecule has 0 aliphatic rings. The van der Waals surface area contributed by atoms with Crippen molar-refractivity contribution < 1.29 is 4.42 Å². The van der Waals surface area contributed by atoms with Crippen LogP contribution in [0.1, 0.15) is 193 Å². The molecule has 0 radical (unpaired) electrons. The molecule has 1 heterocycles. The first-order valence-electron chi connectivity index (χ1n) is 16.2. The predicted molar refractivity (Wildman–Crippen MR) is 153 cm³/mol. The van der Waals surface area contributed by atoms with Crippen LogP contribution in [-0.4, -0.2) is 10.2 Å². The summed E-state index contributed by atoms with van der Waals surface area (Å²) in [5, 5.41) is 8.55. The van der Waals surface area contributed by atoms with Crippen molar-refractivity contribution in [1.29, 1.82) is 0 Å². The number of unbranched alkanes of at least 4 members (excludes halogenated alkanes) is 24. The highest BCUT2D eigenvalue weighted by molar-refractivity contribution is 4.82. The van der Waals surface area contributed by atoms with E-state index in [1.165, 1.54) is 167 Å². The highest BCUT2D eigenvalue weighted by atomic mass is 16.4. The lowest BCUT2D eigenvalue weighted by molar-refractivity contribution is 0.431. The van der Waals surface area contributed by atoms with Crippen LogP contribution in [-0.2, 0) is 12.8 Å². The summed E-state index contributed by atoms with van der Waals surface area (Å²) in [5.74, 6) is 1.72. The van der Waals surface area contributed by atoms with Gasteiger partial charge >= 0.3 is 0 Å². The minimum Gasteiger partial charge on any atom is -0.425 e. The van der Waals surface area contributed by atoms with E-state index in [0.29, 0.717) is 0 Å². The van der Waals surface area contributed by atoms with E-state index in [-0.39, 0.29) is 0 Å². The first-order chi connectivity index (χ1) is 17.4. The van der Waals surface area contributed by atoms with Gasteiger partial charge < -0.3 is 4.42 Å². The number of aryl methyl sites for hydroxylation is 2. The fraction of sp³-hybridized carbons (Fsp3) is 0.938. The lowest BCUT2D eigenvalue weighted by Crippen LogP contribution is -1.87. The molecule has 3 nitrogen and oxygen atoms in total. The number of hydrogen-bond acceptors (Lipinski definition) is 3. The summed E-state index contributed by atoms with van der Waals surface area (Å²) in [6, 6.07) is 0. The third-order valence-electron chi connectivity index (χ3n) is 7.50. The Kier molecular flexibility index (Phi) is 24.1. The zero-order chi connectivity index (χ0) is 25.1. The Bertz CT molecular complexity index is 483. The van der Waals surface area contributed by atoms with E-state index in [9.17, 15) is 0 Å². The molecule has 0 aliphatic carbocycles. The molecule has 3 heteroatoms. The van der Waals surface area contributed by atoms with Gasteiger partial charge in [0.2, 0.25) is 11.8 Å². The molecule has 0 bridgehead atoms. The van der Waals surface area contributed by atoms with Crippen molar-refractivity contribution in [3.8, 4) is 0 Å². The minimum atomic E-state index is 0.859. The molecule has 0 spiro atoms. The molecule has 0 saturated heterocycles. The van der Waals surface area contributed by atoms with E-state index < -0.39 is 0 Å². The van der Waals surface area contributed by atoms with Crippen molar-refractivity contribution in [2.75, 3.05) is 0 Å². The molecule has 0 amide bonds. The highest BCUT2D eigenvalue weighted by Gasteiger charge is 2.06. The topological polar surface area (TPSA) is 38.9 Å². The van der Waals surface area contributed by atoms with Gasteiger partial charge in [0.15, 0.2) is 0 Å². The van der Waals surface area contributed by atoms with Crippen LogP contribution >= 0.6 is 0 Å². The monoisotopic (exact) mass is 490 g/mol. The SMILES string of the molecule is CCCCCCCCCCCCCCCc1nnc(CCCCCCCCCCCCCCC)o1. The molecule has 0 aliphatic heterocycles. The molecule has 0 aromatic carbocycles. The molecular formula is C32H62N2O. The van der Waals surface area contributed by atoms with Crippen molar-refractivity contribution in [3.63, 3.8) is 0 Å². The Morgan fingerprint density at radius 2 is 0.571 bits per heavy atom. The first-order valence-corrected chi connectivity index (χ1v) is 16.2. The minimum absolute atomic E-state index is 0.859. The van der Waals surface area contributed by atoms with E-state index in [4.69, 9.17) is 4.42 Å². The van der Waals surface area contributed by atoms with Crippen LogP contribution in [0.5, 0.6) is 0 Å². The maximum atomic E-state index is 5.88. The van der Waals surface area contributed by atoms with Gasteiger partial charge in [-0.1, -0.05) is 168 Å². The summed E-state index contributed by atoms with van der Waals surface area (Å²) in [7, 11) is 0. The maximum Gasteiger partial charge on any atom is 0.216 e. The molecular weight excluding hydrogens is 428 g/mol. The van der Waals surface area contributed by atoms with Gasteiger partial charge in [-0.3, -0.25) is 0 Å². The van der Waals surface area contributed by atoms with Crippen LogP contribution in [0.25, 0.3) is 0 Å². The third kappa shape index (κ3) is 22.1. The van der Waals surface area contributed by atoms with E-state index in [0.717, 1.165) is 24.6 Å². The maximum absolute atomic E-state index is 5.88. The normalized spacial score (nSPS) is 11.5. The molecule has 0 atom stereocenters. The number of rotatable bonds is 28. The summed E-state index contributed by atoms with van der Waals surface area (Å²) < 4.78 is 5.88. The Labute approximate surface area is 220 Å². The van der Waals surface area contributed by atoms with Gasteiger partial charge in [0, 0.05) is 12.8 Å². The van der Waals surface area contributed by atoms with Crippen LogP contribution in [0.2, 0.25) is 0 Å². The van der Waals surface area contributed by atoms with Gasteiger partial charge in [0.05, 0.1) is 0 Å². The van der Waals surface area contributed by atoms with Crippen LogP contribution in [0.4, 0.5) is 0 Å². The van der Waals surface area contributed by atoms with Crippen molar-refractivity contribution >= 4 is 0 Å². The van der Waals surface area contributed by atoms with Gasteiger partial charge in [-0.25, -0.2) is 0 Å². The summed E-state index contributed by atoms with van der Waals surface area (Å²) in [4.78, 5) is 0. The van der Waals surface area contributed by atoms with Gasteiger partial charge in [-0.15, -0.1) is 10.2 Å². The van der Waals surface area contributed by atoms with Gasteiger partial charge in [-0.2, -0.15) is 0 Å². The average Bonchev–Trinajstić information content (AvgIpc) is 3.32. The van der Waals surface area contributed by atoms with E-state index >= 15 is 0 Å². The first kappa shape index (κ1) is 32.2. The molecule has 0 fully saturated rings. The number of hydrogen-bond donors (Lipinski definition) is 0. The van der Waals surface area contributed by atoms with E-state index in [1.54, 1.807) is 0 Å². The van der Waals surface area contributed by atoms with Crippen molar-refractivity contribution in [3.05, 3.63) is 11.8 Å². The third-order valence-corrected chi connectivity index (χ3v) is 7.50. The molecule has 206 valence electrons. The second-order valence-electron chi connectivity index (χ2n) is 11.1. The van der Waals surface area contributed by atoms with Crippen molar-refractivity contribution in [2.45, 2.75) is 194 Å². The summed E-state index contributed by atoms with van der Waals surface area (Å²) >= 11 is 0. The molecule has 35 heavy (non-hydrogen) atoms. The fourth-order valence-corrected chi connectivity index (χ4v) is 5.08. The van der Waals surface area contributed by atoms with Crippen molar-refractivity contribution in [1.82, 2.24) is 10.2 Å². The van der Waals surface area contributed by atoms with Crippen LogP contribution in [0.15, 0.2) is 4.42 Å². The summed E-state index contributed by atoms with van der Waals surface area (Å²) in [5.41, 5.74) is 0. The molecule has 1 rings (SSSR count). The fourth-order valence-electron chi connectivity index (χ4n) is 5.08. The van der Waals surface area contributed by atoms with Crippen LogP contribution < -0.4 is 0 Å².